The summed E-state index contributed by atoms with van der Waals surface area (Å²) >= 11 is 0. The predicted molar refractivity (Wildman–Crippen MR) is 196 cm³/mol. The van der Waals surface area contributed by atoms with Gasteiger partial charge >= 0.3 is 5.97 Å². The fourth-order valence-electron chi connectivity index (χ4n) is 6.20. The number of hydrogen-bond acceptors (Lipinski definition) is 9. The summed E-state index contributed by atoms with van der Waals surface area (Å²) in [5.74, 6) is -5.10. The third kappa shape index (κ3) is 15.9. The van der Waals surface area contributed by atoms with Gasteiger partial charge in [0.2, 0.25) is 29.5 Å². The predicted octanol–water partition coefficient (Wildman–Crippen LogP) is 2.30. The van der Waals surface area contributed by atoms with E-state index in [2.05, 4.69) is 28.2 Å². The summed E-state index contributed by atoms with van der Waals surface area (Å²) in [6.07, 6.45) is 7.50. The second-order valence-corrected chi connectivity index (χ2v) is 14.6. The van der Waals surface area contributed by atoms with Gasteiger partial charge in [-0.15, -0.1) is 0 Å². The number of likely N-dealkylation sites (N-methyl/N-ethyl adjacent to an activating group) is 1. The van der Waals surface area contributed by atoms with Crippen molar-refractivity contribution in [3.8, 4) is 0 Å². The Balaban J connectivity index is 3.54. The van der Waals surface area contributed by atoms with Crippen LogP contribution in [0.5, 0.6) is 0 Å². The summed E-state index contributed by atoms with van der Waals surface area (Å²) < 4.78 is 5.82. The molecule has 1 heterocycles. The summed E-state index contributed by atoms with van der Waals surface area (Å²) in [4.78, 5) is 82.7. The zero-order valence-electron chi connectivity index (χ0n) is 32.4. The van der Waals surface area contributed by atoms with E-state index >= 15 is 0 Å². The van der Waals surface area contributed by atoms with Crippen molar-refractivity contribution < 1.29 is 38.6 Å². The molecule has 14 nitrogen and oxygen atoms in total. The number of nitrogens with one attached hydrogen (secondary N) is 4. The molecule has 0 aromatic heterocycles. The molecule has 1 saturated heterocycles. The van der Waals surface area contributed by atoms with Crippen molar-refractivity contribution in [3.63, 3.8) is 0 Å². The highest BCUT2D eigenvalue weighted by Gasteiger charge is 2.38. The maximum absolute atomic E-state index is 14.1. The minimum atomic E-state index is -1.46. The van der Waals surface area contributed by atoms with Crippen LogP contribution in [0.1, 0.15) is 126 Å². The van der Waals surface area contributed by atoms with Crippen LogP contribution in [-0.2, 0) is 33.5 Å². The van der Waals surface area contributed by atoms with Gasteiger partial charge in [0, 0.05) is 7.05 Å². The lowest BCUT2D eigenvalue weighted by molar-refractivity contribution is -0.157. The van der Waals surface area contributed by atoms with Crippen LogP contribution in [0.15, 0.2) is 0 Å². The first-order valence-electron chi connectivity index (χ1n) is 19.1. The van der Waals surface area contributed by atoms with Crippen LogP contribution in [0.2, 0.25) is 0 Å². The molecule has 8 atom stereocenters. The Bertz CT molecular complexity index is 1120. The van der Waals surface area contributed by atoms with E-state index in [0.29, 0.717) is 25.7 Å². The van der Waals surface area contributed by atoms with Crippen LogP contribution in [0, 0.1) is 17.8 Å². The molecule has 1 aliphatic heterocycles. The van der Waals surface area contributed by atoms with E-state index in [4.69, 9.17) is 10.5 Å². The quantitative estimate of drug-likeness (QED) is 0.102. The molecule has 1 aliphatic rings. The molecule has 0 unspecified atom stereocenters. The Hall–Kier alpha value is -3.26. The van der Waals surface area contributed by atoms with Crippen molar-refractivity contribution in [3.05, 3.63) is 0 Å². The Morgan fingerprint density at radius 1 is 0.804 bits per heavy atom. The second kappa shape index (κ2) is 24.1. The van der Waals surface area contributed by atoms with E-state index in [1.807, 2.05) is 20.8 Å². The van der Waals surface area contributed by atoms with Crippen LogP contribution >= 0.6 is 0 Å². The first kappa shape index (κ1) is 45.8. The average Bonchev–Trinajstić information content (AvgIpc) is 3.08. The number of amides is 5. The molecule has 1 fully saturated rings. The van der Waals surface area contributed by atoms with Crippen LogP contribution in [0.25, 0.3) is 0 Å². The van der Waals surface area contributed by atoms with Crippen molar-refractivity contribution in [2.24, 2.45) is 23.5 Å². The van der Waals surface area contributed by atoms with Gasteiger partial charge in [0.1, 0.15) is 36.8 Å². The topological polar surface area (TPSA) is 209 Å². The van der Waals surface area contributed by atoms with Gasteiger partial charge in [-0.25, -0.2) is 0 Å². The van der Waals surface area contributed by atoms with E-state index in [1.54, 1.807) is 20.9 Å². The summed E-state index contributed by atoms with van der Waals surface area (Å²) in [7, 11) is 1.54. The van der Waals surface area contributed by atoms with Crippen LogP contribution in [-0.4, -0.2) is 102 Å². The van der Waals surface area contributed by atoms with Gasteiger partial charge in [0.15, 0.2) is 0 Å². The summed E-state index contributed by atoms with van der Waals surface area (Å²) in [5, 5.41) is 20.8. The van der Waals surface area contributed by atoms with E-state index in [0.717, 1.165) is 25.7 Å². The lowest BCUT2D eigenvalue weighted by atomic mass is 9.94. The van der Waals surface area contributed by atoms with Gasteiger partial charge in [-0.05, 0) is 51.0 Å². The Kier molecular flexibility index (Phi) is 21.6. The number of rotatable bonds is 16. The number of ether oxygens (including phenoxy) is 1. The number of cyclic esters (lactones) is 1. The van der Waals surface area contributed by atoms with E-state index in [1.165, 1.54) is 31.1 Å². The molecule has 1 rings (SSSR count). The number of aliphatic hydroxyl groups is 1. The maximum atomic E-state index is 14.1. The Labute approximate surface area is 305 Å². The smallest absolute Gasteiger partial charge is 0.325 e. The number of esters is 1. The van der Waals surface area contributed by atoms with E-state index < -0.39 is 84.3 Å². The van der Waals surface area contributed by atoms with Crippen molar-refractivity contribution >= 4 is 35.5 Å². The highest BCUT2D eigenvalue weighted by atomic mass is 16.5. The fraction of sp³-hybridized carbons (Fsp3) is 0.838. The number of nitrogens with two attached hydrogens (primary N) is 1. The minimum absolute atomic E-state index is 0.00453. The molecule has 51 heavy (non-hydrogen) atoms. The van der Waals surface area contributed by atoms with Gasteiger partial charge in [0.25, 0.3) is 0 Å². The molecule has 5 amide bonds. The standard InChI is InChI=1S/C37H68N6O8/c1-9-11-12-13-14-15-16-17-18-29-25(6)37(50)43(8)28(21-23(3)4)34(47)41-31(24(5)10-2)36(49)40-27(19-20-38)33(46)42-32(26(7)44)35(48)39-22-30(45)51-29/h23-29,31-32,44H,9-22,38H2,1-8H3,(H,39,48)(H,40,49)(H,41,47)(H,42,46)/t24-,25+,26-,27-,28-,29+,31-,32-/m0/s1. The summed E-state index contributed by atoms with van der Waals surface area (Å²) in [6, 6.07) is -4.65. The third-order valence-corrected chi connectivity index (χ3v) is 9.74. The van der Waals surface area contributed by atoms with Crippen molar-refractivity contribution in [2.45, 2.75) is 162 Å². The van der Waals surface area contributed by atoms with Gasteiger partial charge in [-0.3, -0.25) is 28.8 Å². The van der Waals surface area contributed by atoms with Crippen LogP contribution in [0.4, 0.5) is 0 Å². The van der Waals surface area contributed by atoms with Crippen molar-refractivity contribution in [1.82, 2.24) is 26.2 Å². The number of aliphatic hydroxyl groups excluding tert-OH is 1. The number of unbranched alkanes of at least 4 members (excludes halogenated alkanes) is 7. The summed E-state index contributed by atoms with van der Waals surface area (Å²) in [6.45, 7) is 12.1. The van der Waals surface area contributed by atoms with Gasteiger partial charge in [-0.2, -0.15) is 0 Å². The number of nitrogens with zero attached hydrogens (tertiary/aromatic N) is 1. The van der Waals surface area contributed by atoms with Gasteiger partial charge in [-0.1, -0.05) is 92.9 Å². The van der Waals surface area contributed by atoms with E-state index in [9.17, 15) is 33.9 Å². The Morgan fingerprint density at radius 2 is 1.39 bits per heavy atom. The van der Waals surface area contributed by atoms with Crippen molar-refractivity contribution in [2.75, 3.05) is 20.1 Å². The fourth-order valence-corrected chi connectivity index (χ4v) is 6.20. The lowest BCUT2D eigenvalue weighted by Gasteiger charge is -2.34. The van der Waals surface area contributed by atoms with Crippen LogP contribution < -0.4 is 27.0 Å². The summed E-state index contributed by atoms with van der Waals surface area (Å²) in [5.41, 5.74) is 5.76. The third-order valence-electron chi connectivity index (χ3n) is 9.74. The zero-order chi connectivity index (χ0) is 38.7. The minimum Gasteiger partial charge on any atom is -0.460 e. The largest absolute Gasteiger partial charge is 0.460 e. The molecule has 0 aromatic rings. The molecule has 7 N–H and O–H groups in total. The zero-order valence-corrected chi connectivity index (χ0v) is 32.4. The molecule has 0 bridgehead atoms. The highest BCUT2D eigenvalue weighted by Crippen LogP contribution is 2.22. The molecule has 0 radical (unpaired) electrons. The maximum Gasteiger partial charge on any atom is 0.325 e. The average molecular weight is 725 g/mol. The Morgan fingerprint density at radius 3 is 1.94 bits per heavy atom. The number of hydrogen-bond donors (Lipinski definition) is 6. The number of carbonyl (C=O) groups excluding carboxylic acids is 6. The second-order valence-electron chi connectivity index (χ2n) is 14.6. The molecular formula is C37H68N6O8. The molecular weight excluding hydrogens is 656 g/mol. The molecule has 294 valence electrons. The van der Waals surface area contributed by atoms with E-state index in [-0.39, 0.29) is 24.8 Å². The van der Waals surface area contributed by atoms with Crippen LogP contribution in [0.3, 0.4) is 0 Å². The van der Waals surface area contributed by atoms with Crippen molar-refractivity contribution in [1.29, 1.82) is 0 Å². The number of carbonyl (C=O) groups is 6. The van der Waals surface area contributed by atoms with Gasteiger partial charge in [0.05, 0.1) is 12.0 Å². The molecule has 0 aromatic carbocycles. The molecule has 0 spiro atoms. The lowest BCUT2D eigenvalue weighted by Crippen LogP contribution is -2.61. The monoisotopic (exact) mass is 725 g/mol. The molecule has 14 heteroatoms. The highest BCUT2D eigenvalue weighted by molar-refractivity contribution is 5.96. The SMILES string of the molecule is CCCCCCCCCC[C@H]1OC(=O)CNC(=O)[C@H]([C@H](C)O)NC(=O)[C@H](CCN)NC(=O)[C@H]([C@@H](C)CC)NC(=O)[C@H](CC(C)C)N(C)C(=O)[C@@H]1C. The first-order valence-corrected chi connectivity index (χ1v) is 19.1. The molecule has 0 saturated carbocycles. The molecule has 0 aliphatic carbocycles. The van der Waals surface area contributed by atoms with Gasteiger partial charge < -0.3 is 41.7 Å². The first-order chi connectivity index (χ1) is 24.1. The normalized spacial score (nSPS) is 26.2.